The van der Waals surface area contributed by atoms with E-state index >= 15 is 0 Å². The van der Waals surface area contributed by atoms with Crippen molar-refractivity contribution in [3.05, 3.63) is 109 Å². The molecule has 0 bridgehead atoms. The molecule has 1 atom stereocenters. The van der Waals surface area contributed by atoms with Crippen LogP contribution >= 0.6 is 0 Å². The number of hydrogen-bond donors (Lipinski definition) is 0. The van der Waals surface area contributed by atoms with E-state index in [9.17, 15) is 14.4 Å². The summed E-state index contributed by atoms with van der Waals surface area (Å²) in [6.07, 6.45) is 96.7. The summed E-state index contributed by atoms with van der Waals surface area (Å²) in [5.41, 5.74) is 0. The topological polar surface area (TPSA) is 78.9 Å². The van der Waals surface area contributed by atoms with Gasteiger partial charge in [-0.2, -0.15) is 0 Å². The number of allylic oxidation sites excluding steroid dienone is 18. The number of esters is 3. The minimum absolute atomic E-state index is 0.0852. The Balaban J connectivity index is 4.41. The van der Waals surface area contributed by atoms with E-state index < -0.39 is 6.10 Å². The summed E-state index contributed by atoms with van der Waals surface area (Å²) >= 11 is 0. The summed E-state index contributed by atoms with van der Waals surface area (Å²) in [6, 6.07) is 0. The maximum atomic E-state index is 13.0. The molecule has 6 heteroatoms. The van der Waals surface area contributed by atoms with E-state index in [0.717, 1.165) is 116 Å². The molecule has 476 valence electrons. The normalized spacial score (nSPS) is 12.8. The first-order chi connectivity index (χ1) is 41.0. The highest BCUT2D eigenvalue weighted by molar-refractivity contribution is 5.71. The highest BCUT2D eigenvalue weighted by atomic mass is 16.6. The second-order valence-corrected chi connectivity index (χ2v) is 23.4. The van der Waals surface area contributed by atoms with E-state index in [1.165, 1.54) is 186 Å². The number of hydrogen-bond acceptors (Lipinski definition) is 6. The minimum atomic E-state index is -0.791. The summed E-state index contributed by atoms with van der Waals surface area (Å²) in [5.74, 6) is -0.893. The van der Waals surface area contributed by atoms with Gasteiger partial charge in [-0.1, -0.05) is 304 Å². The minimum Gasteiger partial charge on any atom is -0.462 e. The summed E-state index contributed by atoms with van der Waals surface area (Å²) in [7, 11) is 0. The lowest BCUT2D eigenvalue weighted by molar-refractivity contribution is -0.167. The van der Waals surface area contributed by atoms with Crippen molar-refractivity contribution >= 4 is 17.9 Å². The molecule has 0 N–H and O–H groups in total. The first-order valence-electron chi connectivity index (χ1n) is 35.4. The van der Waals surface area contributed by atoms with Gasteiger partial charge in [-0.05, 0) is 128 Å². The molecular weight excluding hydrogens is 1020 g/mol. The van der Waals surface area contributed by atoms with Crippen molar-refractivity contribution in [1.82, 2.24) is 0 Å². The van der Waals surface area contributed by atoms with E-state index in [-0.39, 0.29) is 31.1 Å². The Kier molecular flexibility index (Phi) is 67.2. The zero-order chi connectivity index (χ0) is 59.9. The molecule has 0 aliphatic rings. The third-order valence-corrected chi connectivity index (χ3v) is 15.2. The number of unbranched alkanes of at least 4 members (excludes halogenated alkanes) is 35. The third kappa shape index (κ3) is 68.7. The van der Waals surface area contributed by atoms with E-state index in [1.54, 1.807) is 0 Å². The molecule has 0 aromatic rings. The first-order valence-corrected chi connectivity index (χ1v) is 35.4. The second-order valence-electron chi connectivity index (χ2n) is 23.4. The second kappa shape index (κ2) is 70.6. The molecule has 0 rings (SSSR count). The Morgan fingerprint density at radius 3 is 0.747 bits per heavy atom. The third-order valence-electron chi connectivity index (χ3n) is 15.2. The molecule has 0 fully saturated rings. The van der Waals surface area contributed by atoms with Crippen LogP contribution in [0.1, 0.15) is 342 Å². The molecule has 0 aliphatic heterocycles. The fourth-order valence-corrected chi connectivity index (χ4v) is 9.94. The average Bonchev–Trinajstić information content (AvgIpc) is 3.49. The molecule has 0 aliphatic carbocycles. The van der Waals surface area contributed by atoms with Crippen LogP contribution in [-0.4, -0.2) is 37.2 Å². The van der Waals surface area contributed by atoms with E-state index in [4.69, 9.17) is 14.2 Å². The molecule has 0 aromatic carbocycles. The van der Waals surface area contributed by atoms with Gasteiger partial charge in [-0.25, -0.2) is 0 Å². The molecule has 0 saturated carbocycles. The lowest BCUT2D eigenvalue weighted by Crippen LogP contribution is -2.30. The first kappa shape index (κ1) is 79.1. The largest absolute Gasteiger partial charge is 0.462 e. The summed E-state index contributed by atoms with van der Waals surface area (Å²) in [4.78, 5) is 38.5. The molecule has 6 nitrogen and oxygen atoms in total. The average molecular weight is 1150 g/mol. The van der Waals surface area contributed by atoms with Crippen LogP contribution < -0.4 is 0 Å². The molecule has 0 spiro atoms. The smallest absolute Gasteiger partial charge is 0.306 e. The van der Waals surface area contributed by atoms with Crippen molar-refractivity contribution in [2.45, 2.75) is 348 Å². The summed E-state index contributed by atoms with van der Waals surface area (Å²) < 4.78 is 17.0. The molecule has 0 saturated heterocycles. The standard InChI is InChI=1S/C77H132O6/c1-4-7-10-13-16-19-22-25-28-31-33-35-37-38-40-41-43-46-49-52-55-58-61-64-67-70-76(79)82-73-74(72-81-75(78)69-66-63-60-57-54-51-48-45-30-27-24-21-18-15-12-9-6-3)83-77(80)71-68-65-62-59-56-53-50-47-44-42-39-36-34-32-29-26-23-20-17-14-11-8-5-2/h7,10,16,19,23,25-28,30,32-35,38,40,43,46,74H,4-6,8-9,11-15,17-18,20-22,24,29,31,36-37,39,41-42,44-45,47-73H2,1-3H3/b10-7-,19-16-,26-23-,28-25-,30-27-,34-32-,35-33-,40-38-,46-43-. The highest BCUT2D eigenvalue weighted by Gasteiger charge is 2.19. The summed E-state index contributed by atoms with van der Waals surface area (Å²) in [5, 5.41) is 0. The molecule has 0 radical (unpaired) electrons. The summed E-state index contributed by atoms with van der Waals surface area (Å²) in [6.45, 7) is 6.53. The number of ether oxygens (including phenoxy) is 3. The van der Waals surface area contributed by atoms with Gasteiger partial charge in [-0.15, -0.1) is 0 Å². The van der Waals surface area contributed by atoms with Gasteiger partial charge in [0.1, 0.15) is 13.2 Å². The van der Waals surface area contributed by atoms with Gasteiger partial charge in [0, 0.05) is 19.3 Å². The Labute approximate surface area is 514 Å². The predicted molar refractivity (Wildman–Crippen MR) is 362 cm³/mol. The van der Waals surface area contributed by atoms with Crippen LogP contribution in [0.4, 0.5) is 0 Å². The molecule has 83 heavy (non-hydrogen) atoms. The molecule has 0 amide bonds. The van der Waals surface area contributed by atoms with Gasteiger partial charge in [0.2, 0.25) is 0 Å². The van der Waals surface area contributed by atoms with Crippen LogP contribution in [0.5, 0.6) is 0 Å². The molecular formula is C77H132O6. The monoisotopic (exact) mass is 1150 g/mol. The Morgan fingerprint density at radius 1 is 0.253 bits per heavy atom. The van der Waals surface area contributed by atoms with Crippen LogP contribution in [0.25, 0.3) is 0 Å². The molecule has 0 aromatic heterocycles. The Bertz CT molecular complexity index is 1660. The van der Waals surface area contributed by atoms with Gasteiger partial charge < -0.3 is 14.2 Å². The van der Waals surface area contributed by atoms with Crippen molar-refractivity contribution in [3.63, 3.8) is 0 Å². The Morgan fingerprint density at radius 2 is 0.470 bits per heavy atom. The van der Waals surface area contributed by atoms with Gasteiger partial charge in [0.25, 0.3) is 0 Å². The van der Waals surface area contributed by atoms with Crippen molar-refractivity contribution in [2.24, 2.45) is 0 Å². The fourth-order valence-electron chi connectivity index (χ4n) is 9.94. The van der Waals surface area contributed by atoms with E-state index in [2.05, 4.69) is 130 Å². The van der Waals surface area contributed by atoms with Crippen LogP contribution in [-0.2, 0) is 28.6 Å². The van der Waals surface area contributed by atoms with Gasteiger partial charge in [0.15, 0.2) is 6.10 Å². The van der Waals surface area contributed by atoms with Crippen LogP contribution in [0.15, 0.2) is 109 Å². The quantitative estimate of drug-likeness (QED) is 0.0261. The van der Waals surface area contributed by atoms with E-state index in [0.29, 0.717) is 19.3 Å². The van der Waals surface area contributed by atoms with Crippen molar-refractivity contribution in [1.29, 1.82) is 0 Å². The van der Waals surface area contributed by atoms with Crippen LogP contribution in [0, 0.1) is 0 Å². The maximum absolute atomic E-state index is 13.0. The SMILES string of the molecule is CC/C=C\C/C=C\C/C=C\C/C=C\C/C=C\C/C=C\CCCCCCCCC(=O)OCC(COC(=O)CCCCCCCCC/C=C\CCCCCCCC)OC(=O)CCCCCCCCCCCCC/C=C\C/C=C\CCCCCCC. The predicted octanol–water partition coefficient (Wildman–Crippen LogP) is 24.6. The lowest BCUT2D eigenvalue weighted by Gasteiger charge is -2.18. The lowest BCUT2D eigenvalue weighted by atomic mass is 10.0. The maximum Gasteiger partial charge on any atom is 0.306 e. The number of carbonyl (C=O) groups is 3. The zero-order valence-electron chi connectivity index (χ0n) is 54.7. The van der Waals surface area contributed by atoms with Crippen LogP contribution in [0.3, 0.4) is 0 Å². The molecule has 0 heterocycles. The zero-order valence-corrected chi connectivity index (χ0v) is 54.7. The van der Waals surface area contributed by atoms with Gasteiger partial charge >= 0.3 is 17.9 Å². The Hall–Kier alpha value is -3.93. The highest BCUT2D eigenvalue weighted by Crippen LogP contribution is 2.16. The van der Waals surface area contributed by atoms with Gasteiger partial charge in [0.05, 0.1) is 0 Å². The van der Waals surface area contributed by atoms with Gasteiger partial charge in [-0.3, -0.25) is 14.4 Å². The van der Waals surface area contributed by atoms with Crippen molar-refractivity contribution < 1.29 is 28.6 Å². The molecule has 1 unspecified atom stereocenters. The fraction of sp³-hybridized carbons (Fsp3) is 0.727. The number of rotatable bonds is 64. The number of carbonyl (C=O) groups excluding carboxylic acids is 3. The van der Waals surface area contributed by atoms with Crippen molar-refractivity contribution in [2.75, 3.05) is 13.2 Å². The van der Waals surface area contributed by atoms with Crippen molar-refractivity contribution in [3.8, 4) is 0 Å². The van der Waals surface area contributed by atoms with E-state index in [1.807, 2.05) is 0 Å². The van der Waals surface area contributed by atoms with Crippen LogP contribution in [0.2, 0.25) is 0 Å².